The number of carbonyl (C=O) groups excluding carboxylic acids is 1. The van der Waals surface area contributed by atoms with E-state index in [9.17, 15) is 10.1 Å². The van der Waals surface area contributed by atoms with Crippen molar-refractivity contribution in [2.45, 2.75) is 33.6 Å². The Morgan fingerprint density at radius 2 is 1.96 bits per heavy atom. The molecule has 0 radical (unpaired) electrons. The van der Waals surface area contributed by atoms with Gasteiger partial charge in [-0.25, -0.2) is 0 Å². The first kappa shape index (κ1) is 21.0. The number of nitriles is 1. The smallest absolute Gasteiger partial charge is 0.266 e. The van der Waals surface area contributed by atoms with E-state index in [2.05, 4.69) is 12.2 Å². The van der Waals surface area contributed by atoms with Crippen LogP contribution in [0.4, 0.5) is 5.69 Å². The molecule has 0 bridgehead atoms. The van der Waals surface area contributed by atoms with Crippen molar-refractivity contribution in [1.82, 2.24) is 0 Å². The molecular weight excluding hydrogens is 352 g/mol. The zero-order chi connectivity index (χ0) is 20.5. The largest absolute Gasteiger partial charge is 0.493 e. The average Bonchev–Trinajstić information content (AvgIpc) is 2.68. The number of carbonyl (C=O) groups is 1. The van der Waals surface area contributed by atoms with Gasteiger partial charge in [-0.05, 0) is 55.7 Å². The summed E-state index contributed by atoms with van der Waals surface area (Å²) in [7, 11) is 1.58. The van der Waals surface area contributed by atoms with Crippen LogP contribution < -0.4 is 14.8 Å². The summed E-state index contributed by atoms with van der Waals surface area (Å²) in [5, 5.41) is 12.3. The van der Waals surface area contributed by atoms with Gasteiger partial charge in [-0.3, -0.25) is 4.79 Å². The van der Waals surface area contributed by atoms with Crippen molar-refractivity contribution in [3.05, 3.63) is 58.7 Å². The van der Waals surface area contributed by atoms with Gasteiger partial charge in [0.1, 0.15) is 11.6 Å². The molecule has 0 heterocycles. The molecule has 0 spiro atoms. The summed E-state index contributed by atoms with van der Waals surface area (Å²) in [5.74, 6) is 0.766. The normalized spacial score (nSPS) is 10.9. The second kappa shape index (κ2) is 10.2. The molecule has 0 aliphatic carbocycles. The number of aryl methyl sites for hydroxylation is 2. The molecular formula is C23H26N2O3. The monoisotopic (exact) mass is 378 g/mol. The summed E-state index contributed by atoms with van der Waals surface area (Å²) in [6.45, 7) is 6.58. The van der Waals surface area contributed by atoms with Gasteiger partial charge in [0.25, 0.3) is 5.91 Å². The van der Waals surface area contributed by atoms with Crippen LogP contribution >= 0.6 is 0 Å². The molecule has 0 unspecified atom stereocenters. The van der Waals surface area contributed by atoms with Gasteiger partial charge in [0.05, 0.1) is 13.7 Å². The van der Waals surface area contributed by atoms with Crippen LogP contribution in [0.1, 0.15) is 36.5 Å². The second-order valence-electron chi connectivity index (χ2n) is 6.55. The molecule has 0 atom stereocenters. The Balaban J connectivity index is 2.23. The number of amides is 1. The van der Waals surface area contributed by atoms with Crippen LogP contribution in [0.25, 0.3) is 6.08 Å². The number of benzene rings is 2. The molecule has 2 rings (SSSR count). The lowest BCUT2D eigenvalue weighted by Crippen LogP contribution is -2.14. The molecule has 0 fully saturated rings. The number of methoxy groups -OCH3 is 1. The Kier molecular flexibility index (Phi) is 7.65. The lowest BCUT2D eigenvalue weighted by atomic mass is 10.1. The minimum Gasteiger partial charge on any atom is -0.493 e. The Morgan fingerprint density at radius 1 is 1.18 bits per heavy atom. The molecule has 5 nitrogen and oxygen atoms in total. The Labute approximate surface area is 166 Å². The van der Waals surface area contributed by atoms with Crippen LogP contribution in [0.2, 0.25) is 0 Å². The van der Waals surface area contributed by atoms with Crippen molar-refractivity contribution in [1.29, 1.82) is 5.26 Å². The van der Waals surface area contributed by atoms with Crippen molar-refractivity contribution in [2.24, 2.45) is 0 Å². The van der Waals surface area contributed by atoms with Crippen molar-refractivity contribution in [3.63, 3.8) is 0 Å². The fraction of sp³-hybridized carbons (Fsp3) is 0.304. The molecule has 2 aromatic rings. The maximum absolute atomic E-state index is 12.5. The summed E-state index contributed by atoms with van der Waals surface area (Å²) >= 11 is 0. The summed E-state index contributed by atoms with van der Waals surface area (Å²) in [5.41, 5.74) is 3.46. The highest BCUT2D eigenvalue weighted by atomic mass is 16.5. The lowest BCUT2D eigenvalue weighted by Gasteiger charge is -2.11. The second-order valence-corrected chi connectivity index (χ2v) is 6.55. The predicted octanol–water partition coefficient (Wildman–Crippen LogP) is 5.04. The molecule has 5 heteroatoms. The molecule has 2 aromatic carbocycles. The number of unbranched alkanes of at least 4 members (excludes halogenated alkanes) is 1. The molecule has 0 aliphatic rings. The Morgan fingerprint density at radius 3 is 2.61 bits per heavy atom. The molecule has 1 N–H and O–H groups in total. The van der Waals surface area contributed by atoms with E-state index in [0.717, 1.165) is 24.0 Å². The van der Waals surface area contributed by atoms with E-state index in [1.54, 1.807) is 31.4 Å². The van der Waals surface area contributed by atoms with Crippen LogP contribution in [0.3, 0.4) is 0 Å². The first-order chi connectivity index (χ1) is 13.5. The highest BCUT2D eigenvalue weighted by Gasteiger charge is 2.12. The number of nitrogens with one attached hydrogen (secondary N) is 1. The Hall–Kier alpha value is -3.26. The van der Waals surface area contributed by atoms with E-state index >= 15 is 0 Å². The fourth-order valence-electron chi connectivity index (χ4n) is 2.68. The average molecular weight is 378 g/mol. The molecule has 0 saturated heterocycles. The maximum atomic E-state index is 12.5. The lowest BCUT2D eigenvalue weighted by molar-refractivity contribution is -0.112. The standard InChI is InChI=1S/C23H26N2O3/c1-5-6-11-28-22-14-18(8-10-21(22)27-4)13-19(15-24)23(26)25-20-9-7-16(2)12-17(20)3/h7-10,12-14H,5-6,11H2,1-4H3,(H,25,26)/b19-13+. The van der Waals surface area contributed by atoms with Crippen LogP contribution in [0.15, 0.2) is 42.0 Å². The van der Waals surface area contributed by atoms with Gasteiger partial charge < -0.3 is 14.8 Å². The van der Waals surface area contributed by atoms with Gasteiger partial charge in [-0.1, -0.05) is 37.1 Å². The number of nitrogens with zero attached hydrogens (tertiary/aromatic N) is 1. The van der Waals surface area contributed by atoms with Gasteiger partial charge in [0, 0.05) is 5.69 Å². The van der Waals surface area contributed by atoms with E-state index < -0.39 is 5.91 Å². The van der Waals surface area contributed by atoms with E-state index in [-0.39, 0.29) is 5.57 Å². The van der Waals surface area contributed by atoms with Crippen molar-refractivity contribution < 1.29 is 14.3 Å². The van der Waals surface area contributed by atoms with Crippen molar-refractivity contribution in [3.8, 4) is 17.6 Å². The summed E-state index contributed by atoms with van der Waals surface area (Å²) in [6.07, 6.45) is 3.51. The van der Waals surface area contributed by atoms with Crippen molar-refractivity contribution >= 4 is 17.7 Å². The zero-order valence-electron chi connectivity index (χ0n) is 16.8. The van der Waals surface area contributed by atoms with Gasteiger partial charge in [0.2, 0.25) is 0 Å². The first-order valence-electron chi connectivity index (χ1n) is 9.29. The Bertz CT molecular complexity index is 911. The van der Waals surface area contributed by atoms with Gasteiger partial charge in [-0.15, -0.1) is 0 Å². The molecule has 28 heavy (non-hydrogen) atoms. The quantitative estimate of drug-likeness (QED) is 0.397. The summed E-state index contributed by atoms with van der Waals surface area (Å²) < 4.78 is 11.1. The number of anilines is 1. The first-order valence-corrected chi connectivity index (χ1v) is 9.29. The summed E-state index contributed by atoms with van der Waals surface area (Å²) in [4.78, 5) is 12.5. The minimum absolute atomic E-state index is 0.0182. The van der Waals surface area contributed by atoms with Crippen LogP contribution in [-0.4, -0.2) is 19.6 Å². The third-order valence-electron chi connectivity index (χ3n) is 4.25. The SMILES string of the molecule is CCCCOc1cc(/C=C(\C#N)C(=O)Nc2ccc(C)cc2C)ccc1OC. The topological polar surface area (TPSA) is 71.3 Å². The molecule has 146 valence electrons. The third kappa shape index (κ3) is 5.62. The molecule has 1 amide bonds. The highest BCUT2D eigenvalue weighted by molar-refractivity contribution is 6.10. The van der Waals surface area contributed by atoms with Gasteiger partial charge in [0.15, 0.2) is 11.5 Å². The van der Waals surface area contributed by atoms with E-state index in [0.29, 0.717) is 29.4 Å². The number of hydrogen-bond acceptors (Lipinski definition) is 4. The van der Waals surface area contributed by atoms with Crippen LogP contribution in [0.5, 0.6) is 11.5 Å². The predicted molar refractivity (Wildman–Crippen MR) is 112 cm³/mol. The summed E-state index contributed by atoms with van der Waals surface area (Å²) in [6, 6.07) is 13.0. The van der Waals surface area contributed by atoms with E-state index in [1.165, 1.54) is 0 Å². The van der Waals surface area contributed by atoms with E-state index in [1.807, 2.05) is 38.1 Å². The van der Waals surface area contributed by atoms with Gasteiger partial charge >= 0.3 is 0 Å². The number of hydrogen-bond donors (Lipinski definition) is 1. The molecule has 0 aliphatic heterocycles. The number of rotatable bonds is 8. The van der Waals surface area contributed by atoms with Gasteiger partial charge in [-0.2, -0.15) is 5.26 Å². The minimum atomic E-state index is -0.446. The highest BCUT2D eigenvalue weighted by Crippen LogP contribution is 2.29. The van der Waals surface area contributed by atoms with Crippen LogP contribution in [0, 0.1) is 25.2 Å². The molecule has 0 aromatic heterocycles. The zero-order valence-corrected chi connectivity index (χ0v) is 16.8. The van der Waals surface area contributed by atoms with E-state index in [4.69, 9.17) is 9.47 Å². The fourth-order valence-corrected chi connectivity index (χ4v) is 2.68. The van der Waals surface area contributed by atoms with Crippen molar-refractivity contribution in [2.75, 3.05) is 19.0 Å². The van der Waals surface area contributed by atoms with Crippen LogP contribution in [-0.2, 0) is 4.79 Å². The molecule has 0 saturated carbocycles. The number of ether oxygens (including phenoxy) is 2. The third-order valence-corrected chi connectivity index (χ3v) is 4.25. The maximum Gasteiger partial charge on any atom is 0.266 e.